The fourth-order valence-corrected chi connectivity index (χ4v) is 2.00. The summed E-state index contributed by atoms with van der Waals surface area (Å²) in [4.78, 5) is 10.2. The largest absolute Gasteiger partial charge is 0.483 e. The van der Waals surface area contributed by atoms with Crippen LogP contribution in [0.3, 0.4) is 0 Å². The number of rotatable bonds is 3. The second-order valence-corrected chi connectivity index (χ2v) is 5.14. The molecule has 1 aliphatic rings. The minimum Gasteiger partial charge on any atom is -0.483 e. The fraction of sp³-hybridized carbons (Fsp3) is 0.500. The number of ether oxygens (including phenoxy) is 1. The second-order valence-electron chi connectivity index (χ2n) is 5.14. The average molecular weight is 254 g/mol. The van der Waals surface area contributed by atoms with Crippen LogP contribution < -0.4 is 10.5 Å². The summed E-state index contributed by atoms with van der Waals surface area (Å²) in [7, 11) is 0. The number of hydrogen-bond donors (Lipinski definition) is 1. The second kappa shape index (κ2) is 4.20. The monoisotopic (exact) mass is 254 g/mol. The molecule has 0 spiro atoms. The van der Waals surface area contributed by atoms with Gasteiger partial charge in [-0.1, -0.05) is 13.8 Å². The topological polar surface area (TPSA) is 78.4 Å². The third kappa shape index (κ3) is 2.03. The van der Waals surface area contributed by atoms with Crippen molar-refractivity contribution in [2.45, 2.75) is 32.4 Å². The van der Waals surface area contributed by atoms with Gasteiger partial charge in [-0.25, -0.2) is 4.39 Å². The molecule has 0 aliphatic heterocycles. The fourth-order valence-electron chi connectivity index (χ4n) is 2.00. The molecular weight excluding hydrogens is 239 g/mol. The predicted octanol–water partition coefficient (Wildman–Crippen LogP) is 2.24. The van der Waals surface area contributed by atoms with Crippen LogP contribution in [0.15, 0.2) is 18.2 Å². The molecule has 5 nitrogen and oxygen atoms in total. The van der Waals surface area contributed by atoms with E-state index in [1.165, 1.54) is 6.07 Å². The van der Waals surface area contributed by atoms with Crippen molar-refractivity contribution in [1.29, 1.82) is 0 Å². The van der Waals surface area contributed by atoms with E-state index in [0.29, 0.717) is 6.42 Å². The standard InChI is InChI=1S/C12H15FN2O3/c1-12(2)10(14)6-11(12)18-9-4-3-7(13)5-8(9)15(16)17/h3-5,10-11H,6,14H2,1-2H3. The highest BCUT2D eigenvalue weighted by Gasteiger charge is 2.48. The van der Waals surface area contributed by atoms with Crippen molar-refractivity contribution in [2.24, 2.45) is 11.1 Å². The quantitative estimate of drug-likeness (QED) is 0.662. The number of nitro groups is 1. The van der Waals surface area contributed by atoms with Crippen LogP contribution in [0.4, 0.5) is 10.1 Å². The van der Waals surface area contributed by atoms with E-state index < -0.39 is 10.7 Å². The van der Waals surface area contributed by atoms with Crippen LogP contribution in [0, 0.1) is 21.3 Å². The molecule has 98 valence electrons. The van der Waals surface area contributed by atoms with E-state index in [1.807, 2.05) is 13.8 Å². The Kier molecular flexibility index (Phi) is 2.98. The van der Waals surface area contributed by atoms with Crippen LogP contribution in [0.1, 0.15) is 20.3 Å². The Labute approximate surface area is 104 Å². The Morgan fingerprint density at radius 1 is 1.56 bits per heavy atom. The molecule has 0 radical (unpaired) electrons. The summed E-state index contributed by atoms with van der Waals surface area (Å²) >= 11 is 0. The Morgan fingerprint density at radius 2 is 2.22 bits per heavy atom. The number of halogens is 1. The minimum absolute atomic E-state index is 0.0157. The molecule has 2 unspecified atom stereocenters. The predicted molar refractivity (Wildman–Crippen MR) is 63.8 cm³/mol. The van der Waals surface area contributed by atoms with E-state index in [9.17, 15) is 14.5 Å². The van der Waals surface area contributed by atoms with Crippen molar-refractivity contribution in [1.82, 2.24) is 0 Å². The van der Waals surface area contributed by atoms with Crippen molar-refractivity contribution >= 4 is 5.69 Å². The highest BCUT2D eigenvalue weighted by atomic mass is 19.1. The van der Waals surface area contributed by atoms with Gasteiger partial charge in [0.15, 0.2) is 5.75 Å². The summed E-state index contributed by atoms with van der Waals surface area (Å²) in [6, 6.07) is 3.31. The molecule has 1 aromatic rings. The van der Waals surface area contributed by atoms with Crippen molar-refractivity contribution in [3.05, 3.63) is 34.1 Å². The minimum atomic E-state index is -0.654. The molecule has 0 saturated heterocycles. The Balaban J connectivity index is 2.23. The van der Waals surface area contributed by atoms with Gasteiger partial charge in [0.05, 0.1) is 11.0 Å². The summed E-state index contributed by atoms with van der Waals surface area (Å²) in [5.74, 6) is -0.565. The Bertz CT molecular complexity index is 490. The van der Waals surface area contributed by atoms with Gasteiger partial charge in [0.2, 0.25) is 0 Å². The number of nitrogens with two attached hydrogens (primary N) is 1. The first-order valence-electron chi connectivity index (χ1n) is 5.68. The van der Waals surface area contributed by atoms with Gasteiger partial charge < -0.3 is 10.5 Å². The van der Waals surface area contributed by atoms with Gasteiger partial charge in [-0.2, -0.15) is 0 Å². The van der Waals surface area contributed by atoms with Crippen LogP contribution in [-0.2, 0) is 0 Å². The summed E-state index contributed by atoms with van der Waals surface area (Å²) in [6.07, 6.45) is 0.457. The summed E-state index contributed by atoms with van der Waals surface area (Å²) in [5.41, 5.74) is 5.26. The molecule has 0 bridgehead atoms. The van der Waals surface area contributed by atoms with Crippen LogP contribution in [-0.4, -0.2) is 17.1 Å². The number of hydrogen-bond acceptors (Lipinski definition) is 4. The lowest BCUT2D eigenvalue weighted by atomic mass is 9.65. The molecular formula is C12H15FN2O3. The molecule has 1 aliphatic carbocycles. The first-order valence-corrected chi connectivity index (χ1v) is 5.68. The van der Waals surface area contributed by atoms with Gasteiger partial charge in [-0.3, -0.25) is 10.1 Å². The molecule has 2 rings (SSSR count). The highest BCUT2D eigenvalue weighted by molar-refractivity contribution is 5.46. The number of nitro benzene ring substituents is 1. The molecule has 0 heterocycles. The number of nitrogens with zero attached hydrogens (tertiary/aromatic N) is 1. The van der Waals surface area contributed by atoms with E-state index in [0.717, 1.165) is 12.1 Å². The first kappa shape index (κ1) is 12.8. The SMILES string of the molecule is CC1(C)C(N)CC1Oc1ccc(F)cc1[N+](=O)[O-]. The lowest BCUT2D eigenvalue weighted by molar-refractivity contribution is -0.386. The zero-order valence-corrected chi connectivity index (χ0v) is 10.2. The van der Waals surface area contributed by atoms with E-state index in [-0.39, 0.29) is 29.0 Å². The summed E-state index contributed by atoms with van der Waals surface area (Å²) < 4.78 is 18.6. The molecule has 1 fully saturated rings. The van der Waals surface area contributed by atoms with E-state index in [2.05, 4.69) is 0 Å². The lowest BCUT2D eigenvalue weighted by Crippen LogP contribution is -2.60. The normalized spacial score (nSPS) is 25.3. The lowest BCUT2D eigenvalue weighted by Gasteiger charge is -2.49. The molecule has 2 N–H and O–H groups in total. The summed E-state index contributed by atoms with van der Waals surface area (Å²) in [6.45, 7) is 3.89. The Morgan fingerprint density at radius 3 is 2.72 bits per heavy atom. The molecule has 2 atom stereocenters. The van der Waals surface area contributed by atoms with Gasteiger partial charge in [-0.15, -0.1) is 0 Å². The third-order valence-electron chi connectivity index (χ3n) is 3.64. The molecule has 6 heteroatoms. The average Bonchev–Trinajstić information content (AvgIpc) is 2.30. The van der Waals surface area contributed by atoms with Crippen molar-refractivity contribution in [3.8, 4) is 5.75 Å². The summed E-state index contributed by atoms with van der Waals surface area (Å²) in [5, 5.41) is 10.8. The zero-order valence-electron chi connectivity index (χ0n) is 10.2. The van der Waals surface area contributed by atoms with Gasteiger partial charge >= 0.3 is 5.69 Å². The molecule has 1 aromatic carbocycles. The zero-order chi connectivity index (χ0) is 13.5. The van der Waals surface area contributed by atoms with Gasteiger partial charge in [0.25, 0.3) is 0 Å². The van der Waals surface area contributed by atoms with E-state index >= 15 is 0 Å². The molecule has 1 saturated carbocycles. The smallest absolute Gasteiger partial charge is 0.313 e. The highest BCUT2D eigenvalue weighted by Crippen LogP contribution is 2.43. The number of benzene rings is 1. The van der Waals surface area contributed by atoms with Crippen LogP contribution in [0.5, 0.6) is 5.75 Å². The van der Waals surface area contributed by atoms with Gasteiger partial charge in [0, 0.05) is 17.9 Å². The third-order valence-corrected chi connectivity index (χ3v) is 3.64. The van der Waals surface area contributed by atoms with Crippen molar-refractivity contribution in [2.75, 3.05) is 0 Å². The van der Waals surface area contributed by atoms with Crippen LogP contribution >= 0.6 is 0 Å². The molecule has 18 heavy (non-hydrogen) atoms. The first-order chi connectivity index (χ1) is 8.32. The van der Waals surface area contributed by atoms with E-state index in [4.69, 9.17) is 10.5 Å². The van der Waals surface area contributed by atoms with E-state index in [1.54, 1.807) is 0 Å². The van der Waals surface area contributed by atoms with Crippen LogP contribution in [0.25, 0.3) is 0 Å². The maximum absolute atomic E-state index is 13.0. The maximum Gasteiger partial charge on any atom is 0.313 e. The Hall–Kier alpha value is -1.69. The maximum atomic E-state index is 13.0. The van der Waals surface area contributed by atoms with Gasteiger partial charge in [0.1, 0.15) is 11.9 Å². The van der Waals surface area contributed by atoms with Crippen molar-refractivity contribution < 1.29 is 14.1 Å². The van der Waals surface area contributed by atoms with Crippen LogP contribution in [0.2, 0.25) is 0 Å². The molecule has 0 aromatic heterocycles. The molecule has 0 amide bonds. The van der Waals surface area contributed by atoms with Crippen molar-refractivity contribution in [3.63, 3.8) is 0 Å². The van der Waals surface area contributed by atoms with Gasteiger partial charge in [-0.05, 0) is 12.1 Å².